The number of hydrogen-bond acceptors (Lipinski definition) is 8. The molecule has 0 aliphatic rings. The molecule has 0 saturated carbocycles. The molecular weight excluding hydrogens is 412 g/mol. The molecule has 0 fully saturated rings. The second-order valence-corrected chi connectivity index (χ2v) is 9.31. The number of nitriles is 1. The van der Waals surface area contributed by atoms with Crippen molar-refractivity contribution in [2.24, 2.45) is 5.41 Å². The van der Waals surface area contributed by atoms with E-state index in [2.05, 4.69) is 16.0 Å². The summed E-state index contributed by atoms with van der Waals surface area (Å²) in [6.45, 7) is 5.78. The minimum absolute atomic E-state index is 0.351. The van der Waals surface area contributed by atoms with Crippen LogP contribution < -0.4 is 4.74 Å². The number of ether oxygens (including phenoxy) is 1. The lowest BCUT2D eigenvalue weighted by Gasteiger charge is -2.26. The quantitative estimate of drug-likeness (QED) is 0.466. The van der Waals surface area contributed by atoms with Crippen LogP contribution in [0.4, 0.5) is 0 Å². The standard InChI is InChI=1S/C23H20N4O3S/c1-23(2,3)21(29)14-6-13(11-28)8-17-20(14)27-22(31-17)15-5-12(9-24)7-16-19(15)25-10-18(26-16)30-4/h5-8,10-11,21,29H,1-4H3. The first kappa shape index (κ1) is 20.8. The fraction of sp³-hybridized carbons (Fsp3) is 0.261. The summed E-state index contributed by atoms with van der Waals surface area (Å²) in [4.78, 5) is 25.2. The van der Waals surface area contributed by atoms with Crippen molar-refractivity contribution in [1.29, 1.82) is 5.26 Å². The van der Waals surface area contributed by atoms with Crippen LogP contribution in [0.15, 0.2) is 30.5 Å². The normalized spacial score (nSPS) is 12.6. The molecule has 1 atom stereocenters. The Kier molecular flexibility index (Phi) is 5.17. The van der Waals surface area contributed by atoms with Gasteiger partial charge in [0.15, 0.2) is 0 Å². The third-order valence-corrected chi connectivity index (χ3v) is 6.03. The zero-order chi connectivity index (χ0) is 22.3. The number of carbonyl (C=O) groups is 1. The first-order chi connectivity index (χ1) is 14.7. The Morgan fingerprint density at radius 3 is 2.61 bits per heavy atom. The average Bonchev–Trinajstić information content (AvgIpc) is 3.19. The first-order valence-electron chi connectivity index (χ1n) is 9.58. The van der Waals surface area contributed by atoms with Gasteiger partial charge in [0, 0.05) is 16.7 Å². The van der Waals surface area contributed by atoms with Crippen molar-refractivity contribution in [3.8, 4) is 22.5 Å². The number of aliphatic hydroxyl groups is 1. The smallest absolute Gasteiger partial charge is 0.232 e. The van der Waals surface area contributed by atoms with Crippen LogP contribution in [0, 0.1) is 16.7 Å². The summed E-state index contributed by atoms with van der Waals surface area (Å²) in [6, 6.07) is 8.97. The Morgan fingerprint density at radius 1 is 1.19 bits per heavy atom. The second kappa shape index (κ2) is 7.69. The van der Waals surface area contributed by atoms with Gasteiger partial charge in [-0.1, -0.05) is 20.8 Å². The van der Waals surface area contributed by atoms with Crippen LogP contribution in [0.25, 0.3) is 31.8 Å². The first-order valence-corrected chi connectivity index (χ1v) is 10.4. The summed E-state index contributed by atoms with van der Waals surface area (Å²) in [5.41, 5.74) is 3.47. The molecule has 4 rings (SSSR count). The molecule has 2 heterocycles. The molecule has 156 valence electrons. The average molecular weight is 433 g/mol. The van der Waals surface area contributed by atoms with Gasteiger partial charge in [-0.3, -0.25) is 4.79 Å². The lowest BCUT2D eigenvalue weighted by Crippen LogP contribution is -2.18. The molecule has 0 bridgehead atoms. The minimum Gasteiger partial charge on any atom is -0.480 e. The highest BCUT2D eigenvalue weighted by Gasteiger charge is 2.27. The van der Waals surface area contributed by atoms with Gasteiger partial charge in [0.25, 0.3) is 0 Å². The number of aromatic nitrogens is 3. The lowest BCUT2D eigenvalue weighted by molar-refractivity contribution is 0.0637. The van der Waals surface area contributed by atoms with Crippen LogP contribution in [-0.2, 0) is 0 Å². The molecular formula is C23H20N4O3S. The summed E-state index contributed by atoms with van der Waals surface area (Å²) in [5, 5.41) is 21.1. The van der Waals surface area contributed by atoms with Crippen molar-refractivity contribution in [1.82, 2.24) is 15.0 Å². The number of benzene rings is 2. The fourth-order valence-corrected chi connectivity index (χ4v) is 4.44. The highest BCUT2D eigenvalue weighted by atomic mass is 32.1. The van der Waals surface area contributed by atoms with Crippen molar-refractivity contribution in [2.75, 3.05) is 7.11 Å². The maximum absolute atomic E-state index is 11.5. The Balaban J connectivity index is 2.00. The molecule has 0 saturated heterocycles. The van der Waals surface area contributed by atoms with E-state index in [1.54, 1.807) is 24.3 Å². The van der Waals surface area contributed by atoms with Crippen LogP contribution in [0.3, 0.4) is 0 Å². The zero-order valence-electron chi connectivity index (χ0n) is 17.5. The molecule has 0 radical (unpaired) electrons. The van der Waals surface area contributed by atoms with Gasteiger partial charge < -0.3 is 9.84 Å². The lowest BCUT2D eigenvalue weighted by atomic mass is 9.84. The number of hydrogen-bond donors (Lipinski definition) is 1. The highest BCUT2D eigenvalue weighted by molar-refractivity contribution is 7.21. The number of aliphatic hydroxyl groups excluding tert-OH is 1. The van der Waals surface area contributed by atoms with Crippen LogP contribution in [-0.4, -0.2) is 33.5 Å². The van der Waals surface area contributed by atoms with E-state index in [1.165, 1.54) is 24.6 Å². The van der Waals surface area contributed by atoms with Crippen molar-refractivity contribution in [2.45, 2.75) is 26.9 Å². The SMILES string of the molecule is COc1cnc2c(-c3nc4c(C(O)C(C)(C)C)cc(C=O)cc4s3)cc(C#N)cc2n1. The van der Waals surface area contributed by atoms with E-state index < -0.39 is 11.5 Å². The van der Waals surface area contributed by atoms with E-state index in [-0.39, 0.29) is 0 Å². The van der Waals surface area contributed by atoms with E-state index in [0.717, 1.165) is 11.0 Å². The molecule has 31 heavy (non-hydrogen) atoms. The molecule has 1 N–H and O–H groups in total. The number of methoxy groups -OCH3 is 1. The number of aldehydes is 1. The molecule has 0 amide bonds. The van der Waals surface area contributed by atoms with E-state index in [0.29, 0.717) is 49.7 Å². The molecule has 4 aromatic rings. The summed E-state index contributed by atoms with van der Waals surface area (Å²) in [5.74, 6) is 0.351. The fourth-order valence-electron chi connectivity index (χ4n) is 3.37. The van der Waals surface area contributed by atoms with E-state index in [4.69, 9.17) is 9.72 Å². The second-order valence-electron chi connectivity index (χ2n) is 8.28. The molecule has 7 nitrogen and oxygen atoms in total. The molecule has 1 unspecified atom stereocenters. The summed E-state index contributed by atoms with van der Waals surface area (Å²) >= 11 is 1.38. The van der Waals surface area contributed by atoms with Crippen LogP contribution >= 0.6 is 11.3 Å². The Morgan fingerprint density at radius 2 is 1.97 bits per heavy atom. The summed E-state index contributed by atoms with van der Waals surface area (Å²) in [6.07, 6.45) is 1.47. The summed E-state index contributed by atoms with van der Waals surface area (Å²) < 4.78 is 5.93. The van der Waals surface area contributed by atoms with Crippen molar-refractivity contribution >= 4 is 38.9 Å². The minimum atomic E-state index is -0.809. The summed E-state index contributed by atoms with van der Waals surface area (Å²) in [7, 11) is 1.51. The van der Waals surface area contributed by atoms with Gasteiger partial charge in [-0.05, 0) is 29.7 Å². The van der Waals surface area contributed by atoms with Gasteiger partial charge in [-0.25, -0.2) is 15.0 Å². The van der Waals surface area contributed by atoms with Crippen molar-refractivity contribution < 1.29 is 14.6 Å². The van der Waals surface area contributed by atoms with Crippen molar-refractivity contribution in [3.63, 3.8) is 0 Å². The third kappa shape index (κ3) is 3.74. The molecule has 0 aliphatic carbocycles. The molecule has 0 aliphatic heterocycles. The van der Waals surface area contributed by atoms with Crippen LogP contribution in [0.1, 0.15) is 48.4 Å². The Bertz CT molecular complexity index is 1370. The number of nitrogens with zero attached hydrogens (tertiary/aromatic N) is 4. The molecule has 2 aromatic heterocycles. The van der Waals surface area contributed by atoms with Crippen LogP contribution in [0.5, 0.6) is 5.88 Å². The Hall–Kier alpha value is -3.41. The number of fused-ring (bicyclic) bond motifs is 2. The number of carbonyl (C=O) groups excluding carboxylic acids is 1. The molecule has 8 heteroatoms. The third-order valence-electron chi connectivity index (χ3n) is 4.99. The van der Waals surface area contributed by atoms with E-state index in [1.807, 2.05) is 20.8 Å². The topological polar surface area (TPSA) is 109 Å². The predicted molar refractivity (Wildman–Crippen MR) is 119 cm³/mol. The Labute approximate surface area is 183 Å². The number of thiazole rings is 1. The van der Waals surface area contributed by atoms with Gasteiger partial charge in [0.1, 0.15) is 11.3 Å². The van der Waals surface area contributed by atoms with E-state index in [9.17, 15) is 15.2 Å². The van der Waals surface area contributed by atoms with Crippen molar-refractivity contribution in [3.05, 3.63) is 47.2 Å². The zero-order valence-corrected chi connectivity index (χ0v) is 18.3. The maximum atomic E-state index is 11.5. The maximum Gasteiger partial charge on any atom is 0.232 e. The van der Waals surface area contributed by atoms with Gasteiger partial charge >= 0.3 is 0 Å². The predicted octanol–water partition coefficient (Wildman–Crippen LogP) is 4.68. The largest absolute Gasteiger partial charge is 0.480 e. The highest BCUT2D eigenvalue weighted by Crippen LogP contribution is 2.41. The molecule has 2 aromatic carbocycles. The number of rotatable bonds is 4. The monoisotopic (exact) mass is 432 g/mol. The molecule has 0 spiro atoms. The van der Waals surface area contributed by atoms with Gasteiger partial charge in [-0.15, -0.1) is 11.3 Å². The van der Waals surface area contributed by atoms with Gasteiger partial charge in [0.2, 0.25) is 5.88 Å². The van der Waals surface area contributed by atoms with Gasteiger partial charge in [-0.2, -0.15) is 5.26 Å². The van der Waals surface area contributed by atoms with Gasteiger partial charge in [0.05, 0.1) is 52.3 Å². The van der Waals surface area contributed by atoms with Crippen LogP contribution in [0.2, 0.25) is 0 Å². The van der Waals surface area contributed by atoms with E-state index >= 15 is 0 Å².